The third kappa shape index (κ3) is 1.22. The second-order valence-corrected chi connectivity index (χ2v) is 4.26. The molecule has 0 spiro atoms. The Morgan fingerprint density at radius 2 is 2.00 bits per heavy atom. The monoisotopic (exact) mass is 227 g/mol. The number of hydrogen-bond acceptors (Lipinski definition) is 5. The van der Waals surface area contributed by atoms with Gasteiger partial charge in [0.15, 0.2) is 17.3 Å². The number of allylic oxidation sites excluding steroid dienone is 6. The van der Waals surface area contributed by atoms with Gasteiger partial charge in [-0.05, 0) is 41.9 Å². The summed E-state index contributed by atoms with van der Waals surface area (Å²) in [7, 11) is 0. The lowest BCUT2D eigenvalue weighted by atomic mass is 9.79. The summed E-state index contributed by atoms with van der Waals surface area (Å²) in [6, 6.07) is 0. The highest BCUT2D eigenvalue weighted by molar-refractivity contribution is 6.49. The van der Waals surface area contributed by atoms with Gasteiger partial charge in [-0.3, -0.25) is 9.59 Å². The molecule has 0 aromatic rings. The fourth-order valence-corrected chi connectivity index (χ4v) is 2.24. The van der Waals surface area contributed by atoms with Crippen molar-refractivity contribution in [1.29, 1.82) is 0 Å². The Balaban J connectivity index is 2.34. The first kappa shape index (κ1) is 10.0. The molecule has 17 heavy (non-hydrogen) atoms. The predicted octanol–water partition coefficient (Wildman–Crippen LogP) is 1.88. The predicted molar refractivity (Wildman–Crippen MR) is 60.4 cm³/mol. The van der Waals surface area contributed by atoms with E-state index in [9.17, 15) is 9.59 Å². The largest absolute Gasteiger partial charge is 0.292 e. The lowest BCUT2D eigenvalue weighted by Crippen LogP contribution is -2.27. The van der Waals surface area contributed by atoms with E-state index in [-0.39, 0.29) is 23.7 Å². The Morgan fingerprint density at radius 3 is 2.76 bits per heavy atom. The van der Waals surface area contributed by atoms with Crippen molar-refractivity contribution in [1.82, 2.24) is 0 Å². The number of hydrogen-bond donors (Lipinski definition) is 0. The minimum Gasteiger partial charge on any atom is -0.292 e. The summed E-state index contributed by atoms with van der Waals surface area (Å²) in [6.07, 6.45) is 1.79. The normalized spacial score (nSPS) is 22.7. The third-order valence-electron chi connectivity index (χ3n) is 3.29. The summed E-state index contributed by atoms with van der Waals surface area (Å²) in [4.78, 5) is 23.8. The molecule has 1 heterocycles. The second kappa shape index (κ2) is 3.16. The number of rotatable bonds is 0. The van der Waals surface area contributed by atoms with Gasteiger partial charge in [0.25, 0.3) is 0 Å². The molecular formula is C12H9N3O2. The number of Topliss-reactive ketones (excluding diaryl/α,β-unsaturated/α-hetero) is 1. The molecule has 0 aromatic heterocycles. The van der Waals surface area contributed by atoms with Gasteiger partial charge in [0.2, 0.25) is 0 Å². The minimum atomic E-state index is -0.120. The van der Waals surface area contributed by atoms with Crippen LogP contribution < -0.4 is 0 Å². The molecule has 0 saturated heterocycles. The molecule has 5 heteroatoms. The molecule has 84 valence electrons. The first-order valence-corrected chi connectivity index (χ1v) is 5.29. The van der Waals surface area contributed by atoms with Gasteiger partial charge in [-0.2, -0.15) is 0 Å². The number of fused-ring (bicyclic) bond motifs is 2. The number of carbonyl (C=O) groups excluding carboxylic acids is 2. The number of nitrogens with zero attached hydrogens (tertiary/aromatic N) is 3. The molecule has 0 unspecified atom stereocenters. The average Bonchev–Trinajstić information content (AvgIpc) is 2.75. The van der Waals surface area contributed by atoms with E-state index in [1.807, 2.05) is 13.8 Å². The zero-order valence-corrected chi connectivity index (χ0v) is 9.44. The van der Waals surface area contributed by atoms with E-state index >= 15 is 0 Å². The molecule has 3 aliphatic rings. The van der Waals surface area contributed by atoms with Crippen molar-refractivity contribution < 1.29 is 9.59 Å². The van der Waals surface area contributed by atoms with E-state index in [4.69, 9.17) is 0 Å². The van der Waals surface area contributed by atoms with E-state index < -0.39 is 0 Å². The van der Waals surface area contributed by atoms with Crippen LogP contribution in [0.5, 0.6) is 0 Å². The van der Waals surface area contributed by atoms with Crippen LogP contribution >= 0.6 is 0 Å². The molecule has 5 nitrogen and oxygen atoms in total. The van der Waals surface area contributed by atoms with Crippen LogP contribution in [0.1, 0.15) is 20.3 Å². The van der Waals surface area contributed by atoms with Crippen LogP contribution in [0, 0.1) is 0 Å². The first-order valence-electron chi connectivity index (χ1n) is 5.29. The van der Waals surface area contributed by atoms with Crippen LogP contribution in [0.2, 0.25) is 0 Å². The van der Waals surface area contributed by atoms with Crippen molar-refractivity contribution in [2.75, 3.05) is 0 Å². The standard InChI is InChI=1S/C12H9N3O2/c1-5-3-8(16)10-7(6(5)2)4-9(17)11-12(10)14-15-13-11/h3H,4H2,1-2H3. The van der Waals surface area contributed by atoms with Crippen molar-refractivity contribution in [3.63, 3.8) is 0 Å². The summed E-state index contributed by atoms with van der Waals surface area (Å²) < 4.78 is 0. The summed E-state index contributed by atoms with van der Waals surface area (Å²) >= 11 is 0. The van der Waals surface area contributed by atoms with E-state index in [1.54, 1.807) is 6.08 Å². The smallest absolute Gasteiger partial charge is 0.189 e. The molecule has 1 aliphatic heterocycles. The zero-order chi connectivity index (χ0) is 12.2. The topological polar surface area (TPSA) is 71.2 Å². The minimum absolute atomic E-state index is 0.112. The quantitative estimate of drug-likeness (QED) is 0.633. The Hall–Kier alpha value is -2.17. The van der Waals surface area contributed by atoms with Crippen molar-refractivity contribution in [3.05, 3.63) is 34.1 Å². The maximum Gasteiger partial charge on any atom is 0.189 e. The summed E-state index contributed by atoms with van der Waals surface area (Å²) in [5.41, 5.74) is 3.70. The van der Waals surface area contributed by atoms with Gasteiger partial charge in [-0.15, -0.1) is 10.2 Å². The Kier molecular flexibility index (Phi) is 1.86. The lowest BCUT2D eigenvalue weighted by molar-refractivity contribution is -0.112. The SMILES string of the molecule is CC1=CC(=O)C2=C3N=NN=C3C(=O)CC2=C1C. The Morgan fingerprint density at radius 1 is 1.24 bits per heavy atom. The van der Waals surface area contributed by atoms with Crippen molar-refractivity contribution in [2.24, 2.45) is 15.4 Å². The number of ketones is 2. The molecule has 0 bridgehead atoms. The van der Waals surface area contributed by atoms with E-state index in [0.29, 0.717) is 11.3 Å². The van der Waals surface area contributed by atoms with Gasteiger partial charge in [-0.1, -0.05) is 0 Å². The molecule has 0 radical (unpaired) electrons. The number of carbonyl (C=O) groups is 2. The molecule has 3 rings (SSSR count). The molecule has 0 amide bonds. The van der Waals surface area contributed by atoms with Crippen molar-refractivity contribution in [3.8, 4) is 0 Å². The maximum atomic E-state index is 12.0. The molecule has 0 N–H and O–H groups in total. The zero-order valence-electron chi connectivity index (χ0n) is 9.44. The van der Waals surface area contributed by atoms with Crippen LogP contribution in [-0.4, -0.2) is 17.3 Å². The molecule has 0 atom stereocenters. The van der Waals surface area contributed by atoms with Gasteiger partial charge >= 0.3 is 0 Å². The summed E-state index contributed by atoms with van der Waals surface area (Å²) in [5, 5.41) is 11.0. The van der Waals surface area contributed by atoms with Crippen molar-refractivity contribution in [2.45, 2.75) is 20.3 Å². The van der Waals surface area contributed by atoms with Gasteiger partial charge in [0, 0.05) is 6.42 Å². The lowest BCUT2D eigenvalue weighted by Gasteiger charge is -2.23. The molecular weight excluding hydrogens is 218 g/mol. The second-order valence-electron chi connectivity index (χ2n) is 4.26. The summed E-state index contributed by atoms with van der Waals surface area (Å²) in [6.45, 7) is 3.78. The first-order chi connectivity index (χ1) is 8.09. The highest BCUT2D eigenvalue weighted by Gasteiger charge is 2.37. The maximum absolute atomic E-state index is 12.0. The fraction of sp³-hybridized carbons (Fsp3) is 0.250. The van der Waals surface area contributed by atoms with Gasteiger partial charge in [0.1, 0.15) is 5.70 Å². The Bertz CT molecular complexity index is 630. The highest BCUT2D eigenvalue weighted by Crippen LogP contribution is 2.37. The van der Waals surface area contributed by atoms with Crippen LogP contribution in [-0.2, 0) is 9.59 Å². The van der Waals surface area contributed by atoms with Gasteiger partial charge < -0.3 is 0 Å². The van der Waals surface area contributed by atoms with Crippen LogP contribution in [0.3, 0.4) is 0 Å². The highest BCUT2D eigenvalue weighted by atomic mass is 16.1. The van der Waals surface area contributed by atoms with E-state index in [2.05, 4.69) is 15.4 Å². The molecule has 0 fully saturated rings. The van der Waals surface area contributed by atoms with Gasteiger partial charge in [-0.25, -0.2) is 0 Å². The van der Waals surface area contributed by atoms with Crippen LogP contribution in [0.4, 0.5) is 0 Å². The molecule has 0 saturated carbocycles. The summed E-state index contributed by atoms with van der Waals surface area (Å²) in [5.74, 6) is -0.232. The van der Waals surface area contributed by atoms with Gasteiger partial charge in [0.05, 0.1) is 5.57 Å². The fourth-order valence-electron chi connectivity index (χ4n) is 2.24. The van der Waals surface area contributed by atoms with Crippen LogP contribution in [0.15, 0.2) is 49.5 Å². The third-order valence-corrected chi connectivity index (χ3v) is 3.29. The van der Waals surface area contributed by atoms with E-state index in [0.717, 1.165) is 16.7 Å². The van der Waals surface area contributed by atoms with Crippen molar-refractivity contribution >= 4 is 17.3 Å². The average molecular weight is 227 g/mol. The molecule has 0 aromatic carbocycles. The van der Waals surface area contributed by atoms with E-state index in [1.165, 1.54) is 0 Å². The molecule has 2 aliphatic carbocycles. The van der Waals surface area contributed by atoms with Crippen LogP contribution in [0.25, 0.3) is 0 Å². The Labute approximate surface area is 97.3 Å².